The number of hydrogen-bond donors (Lipinski definition) is 1. The molecule has 0 saturated carbocycles. The number of carbonyl (C=O) groups is 1. The largest absolute Gasteiger partial charge is 0.493 e. The van der Waals surface area contributed by atoms with Crippen LogP contribution in [-0.4, -0.2) is 50.2 Å². The van der Waals surface area contributed by atoms with Crippen molar-refractivity contribution < 1.29 is 14.3 Å². The fraction of sp³-hybridized carbons (Fsp3) is 0.533. The summed E-state index contributed by atoms with van der Waals surface area (Å²) in [5.74, 6) is 1.24. The van der Waals surface area contributed by atoms with Gasteiger partial charge in [-0.15, -0.1) is 12.4 Å². The maximum atomic E-state index is 12.6. The smallest absolute Gasteiger partial charge is 0.254 e. The Morgan fingerprint density at radius 3 is 2.24 bits per heavy atom. The van der Waals surface area contributed by atoms with Crippen LogP contribution in [0.15, 0.2) is 18.2 Å². The summed E-state index contributed by atoms with van der Waals surface area (Å²) in [6.45, 7) is 5.62. The molecule has 0 spiro atoms. The number of halogens is 1. The molecule has 0 radical (unpaired) electrons. The van der Waals surface area contributed by atoms with E-state index in [9.17, 15) is 4.79 Å². The van der Waals surface area contributed by atoms with Gasteiger partial charge in [0.1, 0.15) is 0 Å². The topological polar surface area (TPSA) is 50.8 Å². The summed E-state index contributed by atoms with van der Waals surface area (Å²) < 4.78 is 10.4. The molecule has 6 heteroatoms. The second-order valence-corrected chi connectivity index (χ2v) is 5.25. The first-order valence-corrected chi connectivity index (χ1v) is 6.82. The van der Waals surface area contributed by atoms with E-state index in [0.29, 0.717) is 29.1 Å². The van der Waals surface area contributed by atoms with Crippen molar-refractivity contribution in [1.82, 2.24) is 10.2 Å². The van der Waals surface area contributed by atoms with Crippen molar-refractivity contribution in [3.8, 4) is 11.5 Å². The number of carbonyl (C=O) groups excluding carboxylic acids is 1. The van der Waals surface area contributed by atoms with Gasteiger partial charge in [0.2, 0.25) is 0 Å². The summed E-state index contributed by atoms with van der Waals surface area (Å²) in [6, 6.07) is 5.89. The molecule has 1 aliphatic rings. The van der Waals surface area contributed by atoms with E-state index in [1.54, 1.807) is 32.4 Å². The Labute approximate surface area is 132 Å². The van der Waals surface area contributed by atoms with E-state index in [2.05, 4.69) is 19.2 Å². The number of rotatable bonds is 3. The second-order valence-electron chi connectivity index (χ2n) is 5.25. The Morgan fingerprint density at radius 2 is 1.71 bits per heavy atom. The van der Waals surface area contributed by atoms with Crippen LogP contribution in [-0.2, 0) is 0 Å². The fourth-order valence-corrected chi connectivity index (χ4v) is 2.64. The second kappa shape index (κ2) is 7.52. The molecule has 1 saturated heterocycles. The zero-order chi connectivity index (χ0) is 14.7. The molecule has 5 nitrogen and oxygen atoms in total. The lowest BCUT2D eigenvalue weighted by Crippen LogP contribution is -2.55. The number of benzene rings is 1. The third-order valence-electron chi connectivity index (χ3n) is 3.48. The third kappa shape index (κ3) is 4.02. The number of amides is 1. The van der Waals surface area contributed by atoms with Gasteiger partial charge in [-0.25, -0.2) is 0 Å². The van der Waals surface area contributed by atoms with E-state index in [1.165, 1.54) is 0 Å². The Kier molecular flexibility index (Phi) is 6.30. The third-order valence-corrected chi connectivity index (χ3v) is 3.48. The van der Waals surface area contributed by atoms with Crippen molar-refractivity contribution >= 4 is 18.3 Å². The highest BCUT2D eigenvalue weighted by atomic mass is 35.5. The number of nitrogens with one attached hydrogen (secondary N) is 1. The van der Waals surface area contributed by atoms with Crippen molar-refractivity contribution in [2.75, 3.05) is 27.3 Å². The summed E-state index contributed by atoms with van der Waals surface area (Å²) in [5.41, 5.74) is 0.629. The standard InChI is InChI=1S/C15H22N2O3.ClH/c1-10-8-17(9-11(2)16-10)15(18)12-5-6-13(19-3)14(7-12)20-4;/h5-7,10-11,16H,8-9H2,1-4H3;1H. The van der Waals surface area contributed by atoms with Crippen LogP contribution in [0.2, 0.25) is 0 Å². The fourth-order valence-electron chi connectivity index (χ4n) is 2.64. The Balaban J connectivity index is 0.00000220. The van der Waals surface area contributed by atoms with Gasteiger partial charge in [-0.3, -0.25) is 4.79 Å². The molecule has 0 bridgehead atoms. The summed E-state index contributed by atoms with van der Waals surface area (Å²) in [6.07, 6.45) is 0. The van der Waals surface area contributed by atoms with Crippen LogP contribution in [0.3, 0.4) is 0 Å². The molecular formula is C15H23ClN2O3. The molecule has 1 aromatic carbocycles. The van der Waals surface area contributed by atoms with Crippen LogP contribution in [0.5, 0.6) is 11.5 Å². The van der Waals surface area contributed by atoms with Gasteiger partial charge in [-0.05, 0) is 32.0 Å². The SMILES string of the molecule is COc1ccc(C(=O)N2CC(C)NC(C)C2)cc1OC.Cl. The predicted octanol–water partition coefficient (Wildman–Crippen LogP) is 1.95. The van der Waals surface area contributed by atoms with Crippen LogP contribution < -0.4 is 14.8 Å². The van der Waals surface area contributed by atoms with E-state index in [0.717, 1.165) is 13.1 Å². The van der Waals surface area contributed by atoms with E-state index < -0.39 is 0 Å². The molecule has 2 unspecified atom stereocenters. The molecular weight excluding hydrogens is 292 g/mol. The average molecular weight is 315 g/mol. The van der Waals surface area contributed by atoms with Gasteiger partial charge in [0.15, 0.2) is 11.5 Å². The Morgan fingerprint density at radius 1 is 1.14 bits per heavy atom. The lowest BCUT2D eigenvalue weighted by molar-refractivity contribution is 0.0673. The first-order chi connectivity index (χ1) is 9.55. The van der Waals surface area contributed by atoms with Crippen LogP contribution in [0, 0.1) is 0 Å². The molecule has 1 fully saturated rings. The molecule has 0 aliphatic carbocycles. The van der Waals surface area contributed by atoms with Gasteiger partial charge >= 0.3 is 0 Å². The molecule has 2 rings (SSSR count). The highest BCUT2D eigenvalue weighted by Crippen LogP contribution is 2.28. The lowest BCUT2D eigenvalue weighted by Gasteiger charge is -2.36. The minimum Gasteiger partial charge on any atom is -0.493 e. The van der Waals surface area contributed by atoms with E-state index in [-0.39, 0.29) is 18.3 Å². The van der Waals surface area contributed by atoms with Crippen molar-refractivity contribution in [3.05, 3.63) is 23.8 Å². The van der Waals surface area contributed by atoms with Crippen LogP contribution in [0.4, 0.5) is 0 Å². The van der Waals surface area contributed by atoms with E-state index in [4.69, 9.17) is 9.47 Å². The van der Waals surface area contributed by atoms with Crippen LogP contribution >= 0.6 is 12.4 Å². The summed E-state index contributed by atoms with van der Waals surface area (Å²) in [4.78, 5) is 14.4. The number of nitrogens with zero attached hydrogens (tertiary/aromatic N) is 1. The molecule has 21 heavy (non-hydrogen) atoms. The van der Waals surface area contributed by atoms with E-state index >= 15 is 0 Å². The predicted molar refractivity (Wildman–Crippen MR) is 84.8 cm³/mol. The van der Waals surface area contributed by atoms with Crippen LogP contribution in [0.1, 0.15) is 24.2 Å². The monoisotopic (exact) mass is 314 g/mol. The summed E-state index contributed by atoms with van der Waals surface area (Å²) in [5, 5.41) is 3.42. The zero-order valence-electron chi connectivity index (χ0n) is 12.9. The molecule has 1 N–H and O–H groups in total. The maximum Gasteiger partial charge on any atom is 0.254 e. The van der Waals surface area contributed by atoms with Gasteiger partial charge in [0.05, 0.1) is 14.2 Å². The van der Waals surface area contributed by atoms with Crippen molar-refractivity contribution in [3.63, 3.8) is 0 Å². The number of piperazine rings is 1. The summed E-state index contributed by atoms with van der Waals surface area (Å²) >= 11 is 0. The molecule has 118 valence electrons. The molecule has 2 atom stereocenters. The van der Waals surface area contributed by atoms with Gasteiger partial charge in [-0.1, -0.05) is 0 Å². The average Bonchev–Trinajstić information content (AvgIpc) is 2.44. The van der Waals surface area contributed by atoms with Gasteiger partial charge < -0.3 is 19.7 Å². The Bertz CT molecular complexity index is 486. The molecule has 1 heterocycles. The minimum atomic E-state index is 0. The lowest BCUT2D eigenvalue weighted by atomic mass is 10.1. The molecule has 1 aromatic rings. The molecule has 0 aromatic heterocycles. The number of hydrogen-bond acceptors (Lipinski definition) is 4. The minimum absolute atomic E-state index is 0. The van der Waals surface area contributed by atoms with Crippen molar-refractivity contribution in [2.45, 2.75) is 25.9 Å². The maximum absolute atomic E-state index is 12.6. The van der Waals surface area contributed by atoms with Crippen LogP contribution in [0.25, 0.3) is 0 Å². The highest BCUT2D eigenvalue weighted by Gasteiger charge is 2.26. The van der Waals surface area contributed by atoms with Crippen molar-refractivity contribution in [1.29, 1.82) is 0 Å². The molecule has 1 amide bonds. The van der Waals surface area contributed by atoms with Gasteiger partial charge in [-0.2, -0.15) is 0 Å². The first kappa shape index (κ1) is 17.6. The summed E-state index contributed by atoms with van der Waals surface area (Å²) in [7, 11) is 3.15. The highest BCUT2D eigenvalue weighted by molar-refractivity contribution is 5.95. The number of ether oxygens (including phenoxy) is 2. The van der Waals surface area contributed by atoms with Crippen molar-refractivity contribution in [2.24, 2.45) is 0 Å². The quantitative estimate of drug-likeness (QED) is 0.926. The first-order valence-electron chi connectivity index (χ1n) is 6.82. The normalized spacial score (nSPS) is 21.4. The molecule has 1 aliphatic heterocycles. The Hall–Kier alpha value is -1.46. The van der Waals surface area contributed by atoms with Gasteiger partial charge in [0.25, 0.3) is 5.91 Å². The van der Waals surface area contributed by atoms with E-state index in [1.807, 2.05) is 4.90 Å². The number of methoxy groups -OCH3 is 2. The van der Waals surface area contributed by atoms with Gasteiger partial charge in [0, 0.05) is 30.7 Å². The zero-order valence-corrected chi connectivity index (χ0v) is 13.7.